The number of nitro groups is 1. The van der Waals surface area contributed by atoms with Gasteiger partial charge in [0.05, 0.1) is 10.4 Å². The quantitative estimate of drug-likeness (QED) is 0.535. The summed E-state index contributed by atoms with van der Waals surface area (Å²) in [5.74, 6) is -0.339. The first-order chi connectivity index (χ1) is 12.9. The van der Waals surface area contributed by atoms with E-state index in [-0.39, 0.29) is 23.7 Å². The summed E-state index contributed by atoms with van der Waals surface area (Å²) in [5, 5.41) is 14.3. The SMILES string of the molecule is Cc1ccc2cc(CCNC(=O)c3ccc([N+](=O)[O-])cc3)c(=O)[nH]c2c1C. The Kier molecular flexibility index (Phi) is 5.03. The molecule has 7 heteroatoms. The molecule has 0 saturated carbocycles. The number of non-ortho nitro benzene ring substituents is 1. The van der Waals surface area contributed by atoms with Crippen molar-refractivity contribution in [2.45, 2.75) is 20.3 Å². The predicted molar refractivity (Wildman–Crippen MR) is 103 cm³/mol. The first kappa shape index (κ1) is 18.3. The molecule has 0 radical (unpaired) electrons. The molecule has 0 saturated heterocycles. The van der Waals surface area contributed by atoms with Crippen molar-refractivity contribution in [3.8, 4) is 0 Å². The number of nitrogens with zero attached hydrogens (tertiary/aromatic N) is 1. The molecule has 0 aliphatic carbocycles. The summed E-state index contributed by atoms with van der Waals surface area (Å²) < 4.78 is 0. The van der Waals surface area contributed by atoms with Crippen LogP contribution in [-0.2, 0) is 6.42 Å². The van der Waals surface area contributed by atoms with Crippen LogP contribution in [-0.4, -0.2) is 22.4 Å². The van der Waals surface area contributed by atoms with E-state index in [1.54, 1.807) is 0 Å². The van der Waals surface area contributed by atoms with E-state index in [0.717, 1.165) is 22.0 Å². The molecular weight excluding hydrogens is 346 g/mol. The number of carbonyl (C=O) groups is 1. The second-order valence-corrected chi connectivity index (χ2v) is 6.41. The highest BCUT2D eigenvalue weighted by Gasteiger charge is 2.10. The molecule has 0 fully saturated rings. The number of aromatic amines is 1. The van der Waals surface area contributed by atoms with Gasteiger partial charge in [0.1, 0.15) is 0 Å². The Morgan fingerprint density at radius 2 is 1.85 bits per heavy atom. The fraction of sp³-hybridized carbons (Fsp3) is 0.200. The zero-order valence-electron chi connectivity index (χ0n) is 15.0. The maximum Gasteiger partial charge on any atom is 0.269 e. The number of benzene rings is 2. The van der Waals surface area contributed by atoms with Gasteiger partial charge in [-0.1, -0.05) is 12.1 Å². The van der Waals surface area contributed by atoms with Crippen molar-refractivity contribution in [2.75, 3.05) is 6.54 Å². The minimum absolute atomic E-state index is 0.0697. The third-order valence-electron chi connectivity index (χ3n) is 4.65. The summed E-state index contributed by atoms with van der Waals surface area (Å²) in [6.07, 6.45) is 0.386. The third-order valence-corrected chi connectivity index (χ3v) is 4.65. The van der Waals surface area contributed by atoms with Crippen LogP contribution in [0.25, 0.3) is 10.9 Å². The zero-order chi connectivity index (χ0) is 19.6. The molecule has 0 aliphatic rings. The highest BCUT2D eigenvalue weighted by molar-refractivity contribution is 5.94. The van der Waals surface area contributed by atoms with Gasteiger partial charge in [-0.25, -0.2) is 0 Å². The van der Waals surface area contributed by atoms with Crippen molar-refractivity contribution in [1.29, 1.82) is 0 Å². The summed E-state index contributed by atoms with van der Waals surface area (Å²) in [5.41, 5.74) is 3.68. The molecule has 138 valence electrons. The van der Waals surface area contributed by atoms with E-state index >= 15 is 0 Å². The topological polar surface area (TPSA) is 105 Å². The lowest BCUT2D eigenvalue weighted by Gasteiger charge is -2.09. The van der Waals surface area contributed by atoms with Crippen LogP contribution in [0.4, 0.5) is 5.69 Å². The fourth-order valence-electron chi connectivity index (χ4n) is 2.90. The Balaban J connectivity index is 1.69. The van der Waals surface area contributed by atoms with Gasteiger partial charge in [0.15, 0.2) is 0 Å². The number of pyridine rings is 1. The second kappa shape index (κ2) is 7.41. The molecular formula is C20H19N3O4. The summed E-state index contributed by atoms with van der Waals surface area (Å²) in [7, 11) is 0. The molecule has 3 aromatic rings. The van der Waals surface area contributed by atoms with Crippen LogP contribution in [0, 0.1) is 24.0 Å². The number of H-pyrrole nitrogens is 1. The van der Waals surface area contributed by atoms with Crippen molar-refractivity contribution < 1.29 is 9.72 Å². The molecule has 1 aromatic heterocycles. The van der Waals surface area contributed by atoms with Crippen molar-refractivity contribution in [2.24, 2.45) is 0 Å². The van der Waals surface area contributed by atoms with Gasteiger partial charge in [-0.15, -0.1) is 0 Å². The van der Waals surface area contributed by atoms with Gasteiger partial charge < -0.3 is 10.3 Å². The lowest BCUT2D eigenvalue weighted by atomic mass is 10.0. The normalized spacial score (nSPS) is 10.7. The summed E-state index contributed by atoms with van der Waals surface area (Å²) in [6.45, 7) is 4.25. The van der Waals surface area contributed by atoms with Gasteiger partial charge in [0.2, 0.25) is 0 Å². The average molecular weight is 365 g/mol. The van der Waals surface area contributed by atoms with E-state index in [1.165, 1.54) is 24.3 Å². The van der Waals surface area contributed by atoms with Crippen molar-refractivity contribution in [3.05, 3.63) is 85.2 Å². The van der Waals surface area contributed by atoms with E-state index < -0.39 is 4.92 Å². The van der Waals surface area contributed by atoms with E-state index in [0.29, 0.717) is 17.5 Å². The molecule has 27 heavy (non-hydrogen) atoms. The molecule has 0 spiro atoms. The van der Waals surface area contributed by atoms with Gasteiger partial charge in [0, 0.05) is 29.8 Å². The molecule has 0 unspecified atom stereocenters. The number of amides is 1. The van der Waals surface area contributed by atoms with E-state index in [4.69, 9.17) is 0 Å². The number of fused-ring (bicyclic) bond motifs is 1. The molecule has 7 nitrogen and oxygen atoms in total. The second-order valence-electron chi connectivity index (χ2n) is 6.41. The molecule has 1 heterocycles. The van der Waals surface area contributed by atoms with Crippen molar-refractivity contribution in [1.82, 2.24) is 10.3 Å². The number of hydrogen-bond donors (Lipinski definition) is 2. The standard InChI is InChI=1S/C20H19N3O4/c1-12-3-4-15-11-16(20(25)22-18(15)13(12)2)9-10-21-19(24)14-5-7-17(8-6-14)23(26)27/h3-8,11H,9-10H2,1-2H3,(H,21,24)(H,22,25). The van der Waals surface area contributed by atoms with E-state index in [2.05, 4.69) is 10.3 Å². The minimum Gasteiger partial charge on any atom is -0.352 e. The summed E-state index contributed by atoms with van der Waals surface area (Å²) in [4.78, 5) is 37.5. The number of aromatic nitrogens is 1. The van der Waals surface area contributed by atoms with Crippen LogP contribution in [0.1, 0.15) is 27.0 Å². The number of rotatable bonds is 5. The average Bonchev–Trinajstić information content (AvgIpc) is 2.66. The minimum atomic E-state index is -0.517. The molecule has 0 aliphatic heterocycles. The summed E-state index contributed by atoms with van der Waals surface area (Å²) in [6, 6.07) is 11.2. The molecule has 2 N–H and O–H groups in total. The van der Waals surface area contributed by atoms with Crippen LogP contribution < -0.4 is 10.9 Å². The Morgan fingerprint density at radius 3 is 2.52 bits per heavy atom. The Labute approximate surface area is 155 Å². The van der Waals surface area contributed by atoms with Gasteiger partial charge in [-0.2, -0.15) is 0 Å². The number of nitrogens with one attached hydrogen (secondary N) is 2. The lowest BCUT2D eigenvalue weighted by molar-refractivity contribution is -0.384. The van der Waals surface area contributed by atoms with E-state index in [1.807, 2.05) is 32.0 Å². The smallest absolute Gasteiger partial charge is 0.269 e. The van der Waals surface area contributed by atoms with Gasteiger partial charge in [0.25, 0.3) is 17.2 Å². The number of aryl methyl sites for hydroxylation is 2. The van der Waals surface area contributed by atoms with Crippen LogP contribution >= 0.6 is 0 Å². The number of nitro benzene ring substituents is 1. The van der Waals surface area contributed by atoms with Crippen molar-refractivity contribution in [3.63, 3.8) is 0 Å². The Bertz CT molecular complexity index is 1080. The largest absolute Gasteiger partial charge is 0.352 e. The maximum atomic E-state index is 12.3. The third kappa shape index (κ3) is 3.87. The highest BCUT2D eigenvalue weighted by atomic mass is 16.6. The first-order valence-corrected chi connectivity index (χ1v) is 8.51. The van der Waals surface area contributed by atoms with Gasteiger partial charge in [-0.05, 0) is 55.0 Å². The molecule has 0 atom stereocenters. The van der Waals surface area contributed by atoms with Crippen LogP contribution in [0.15, 0.2) is 47.3 Å². The van der Waals surface area contributed by atoms with Crippen molar-refractivity contribution >= 4 is 22.5 Å². The molecule has 2 aromatic carbocycles. The monoisotopic (exact) mass is 365 g/mol. The first-order valence-electron chi connectivity index (χ1n) is 8.51. The number of carbonyl (C=O) groups excluding carboxylic acids is 1. The highest BCUT2D eigenvalue weighted by Crippen LogP contribution is 2.19. The maximum absolute atomic E-state index is 12.3. The molecule has 0 bridgehead atoms. The van der Waals surface area contributed by atoms with Crippen LogP contribution in [0.2, 0.25) is 0 Å². The number of hydrogen-bond acceptors (Lipinski definition) is 4. The molecule has 1 amide bonds. The zero-order valence-corrected chi connectivity index (χ0v) is 15.0. The predicted octanol–water partition coefficient (Wildman–Crippen LogP) is 3.03. The lowest BCUT2D eigenvalue weighted by Crippen LogP contribution is -2.27. The Morgan fingerprint density at radius 1 is 1.15 bits per heavy atom. The molecule has 3 rings (SSSR count). The van der Waals surface area contributed by atoms with E-state index in [9.17, 15) is 19.7 Å². The van der Waals surface area contributed by atoms with Gasteiger partial charge >= 0.3 is 0 Å². The van der Waals surface area contributed by atoms with Crippen LogP contribution in [0.3, 0.4) is 0 Å². The summed E-state index contributed by atoms with van der Waals surface area (Å²) >= 11 is 0. The fourth-order valence-corrected chi connectivity index (χ4v) is 2.90. The van der Waals surface area contributed by atoms with Crippen LogP contribution in [0.5, 0.6) is 0 Å². The Hall–Kier alpha value is -3.48. The van der Waals surface area contributed by atoms with Gasteiger partial charge in [-0.3, -0.25) is 19.7 Å².